The molecule has 0 radical (unpaired) electrons. The zero-order chi connectivity index (χ0) is 21.0. The predicted molar refractivity (Wildman–Crippen MR) is 111 cm³/mol. The summed E-state index contributed by atoms with van der Waals surface area (Å²) in [5.41, 5.74) is -0.532. The molecule has 0 unspecified atom stereocenters. The van der Waals surface area contributed by atoms with Gasteiger partial charge in [0.1, 0.15) is 6.10 Å². The first-order valence-corrected chi connectivity index (χ1v) is 11.5. The molecule has 0 aromatic heterocycles. The summed E-state index contributed by atoms with van der Waals surface area (Å²) in [4.78, 5) is 23.3. The van der Waals surface area contributed by atoms with Crippen molar-refractivity contribution in [2.75, 3.05) is 0 Å². The third-order valence-corrected chi connectivity index (χ3v) is 9.62. The molecule has 4 saturated carbocycles. The van der Waals surface area contributed by atoms with Gasteiger partial charge in [-0.25, -0.2) is 0 Å². The van der Waals surface area contributed by atoms with Gasteiger partial charge in [0.15, 0.2) is 5.60 Å². The van der Waals surface area contributed by atoms with E-state index in [1.54, 1.807) is 0 Å². The lowest BCUT2D eigenvalue weighted by molar-refractivity contribution is -0.178. The highest BCUT2D eigenvalue weighted by atomic mass is 16.6. The lowest BCUT2D eigenvalue weighted by Crippen LogP contribution is -2.57. The van der Waals surface area contributed by atoms with E-state index in [0.717, 1.165) is 44.9 Å². The molecule has 0 N–H and O–H groups in total. The minimum absolute atomic E-state index is 0.0977. The molecule has 8 atom stereocenters. The van der Waals surface area contributed by atoms with Crippen LogP contribution >= 0.6 is 0 Å². The number of carbonyl (C=O) groups excluding carboxylic acids is 2. The Morgan fingerprint density at radius 3 is 2.31 bits per heavy atom. The van der Waals surface area contributed by atoms with E-state index in [4.69, 9.17) is 15.9 Å². The predicted octanol–water partition coefficient (Wildman–Crippen LogP) is 4.90. The number of ether oxygens (including phenoxy) is 2. The molecule has 4 rings (SSSR count). The molecule has 4 aliphatic carbocycles. The largest absolute Gasteiger partial charge is 0.463 e. The van der Waals surface area contributed by atoms with Gasteiger partial charge in [-0.15, -0.1) is 6.42 Å². The molecule has 0 bridgehead atoms. The van der Waals surface area contributed by atoms with E-state index in [0.29, 0.717) is 29.1 Å². The molecule has 4 heteroatoms. The van der Waals surface area contributed by atoms with Crippen LogP contribution in [0.1, 0.15) is 85.5 Å². The quantitative estimate of drug-likeness (QED) is 0.489. The van der Waals surface area contributed by atoms with Gasteiger partial charge in [0.25, 0.3) is 0 Å². The summed E-state index contributed by atoms with van der Waals surface area (Å²) >= 11 is 0. The van der Waals surface area contributed by atoms with Crippen molar-refractivity contribution in [1.29, 1.82) is 0 Å². The van der Waals surface area contributed by atoms with Crippen LogP contribution in [-0.2, 0) is 19.1 Å². The van der Waals surface area contributed by atoms with Gasteiger partial charge in [0.05, 0.1) is 0 Å². The van der Waals surface area contributed by atoms with Crippen molar-refractivity contribution < 1.29 is 19.1 Å². The summed E-state index contributed by atoms with van der Waals surface area (Å²) in [6.07, 6.45) is 15.7. The van der Waals surface area contributed by atoms with Crippen molar-refractivity contribution in [3.05, 3.63) is 0 Å². The number of esters is 2. The fourth-order valence-electron chi connectivity index (χ4n) is 8.24. The van der Waals surface area contributed by atoms with Gasteiger partial charge in [0.2, 0.25) is 0 Å². The number of hydrogen-bond donors (Lipinski definition) is 0. The Kier molecular flexibility index (Phi) is 5.03. The van der Waals surface area contributed by atoms with Crippen LogP contribution in [0.3, 0.4) is 0 Å². The highest BCUT2D eigenvalue weighted by Crippen LogP contribution is 2.68. The Balaban J connectivity index is 1.57. The molecule has 4 nitrogen and oxygen atoms in total. The summed E-state index contributed by atoms with van der Waals surface area (Å²) in [5, 5.41) is 0. The second-order valence-electron chi connectivity index (χ2n) is 10.7. The van der Waals surface area contributed by atoms with E-state index < -0.39 is 5.60 Å². The lowest BCUT2D eigenvalue weighted by atomic mass is 9.44. The monoisotopic (exact) mass is 400 g/mol. The SMILES string of the molecule is C#C[C@]1(OC(C)=O)CC[C@@H]2[C@@H]3CC[C@H]4C[C@H](OC(C)=O)CC[C@]4(C)[C@H]3CC[C@@]21C. The Labute approximate surface area is 175 Å². The lowest BCUT2D eigenvalue weighted by Gasteiger charge is -2.61. The molecule has 0 aromatic carbocycles. The normalized spacial score (nSPS) is 48.4. The van der Waals surface area contributed by atoms with Crippen LogP contribution < -0.4 is 0 Å². The van der Waals surface area contributed by atoms with E-state index in [1.807, 2.05) is 0 Å². The molecule has 0 aromatic rings. The summed E-state index contributed by atoms with van der Waals surface area (Å²) < 4.78 is 11.4. The van der Waals surface area contributed by atoms with Gasteiger partial charge in [-0.1, -0.05) is 19.8 Å². The number of fused-ring (bicyclic) bond motifs is 5. The highest BCUT2D eigenvalue weighted by molar-refractivity contribution is 5.67. The Bertz CT molecular complexity index is 738. The van der Waals surface area contributed by atoms with Crippen LogP contribution in [0, 0.1) is 46.8 Å². The van der Waals surface area contributed by atoms with Crippen molar-refractivity contribution in [2.45, 2.75) is 97.2 Å². The average Bonchev–Trinajstić information content (AvgIpc) is 2.94. The van der Waals surface area contributed by atoms with Crippen molar-refractivity contribution >= 4 is 11.9 Å². The molecule has 0 heterocycles. The summed E-state index contributed by atoms with van der Waals surface area (Å²) in [5.74, 6) is 5.06. The summed E-state index contributed by atoms with van der Waals surface area (Å²) in [6.45, 7) is 7.79. The second-order valence-corrected chi connectivity index (χ2v) is 10.7. The minimum Gasteiger partial charge on any atom is -0.463 e. The average molecular weight is 401 g/mol. The van der Waals surface area contributed by atoms with Gasteiger partial charge in [-0.2, -0.15) is 0 Å². The van der Waals surface area contributed by atoms with Gasteiger partial charge < -0.3 is 9.47 Å². The van der Waals surface area contributed by atoms with Crippen LogP contribution in [-0.4, -0.2) is 23.6 Å². The molecule has 4 fully saturated rings. The highest BCUT2D eigenvalue weighted by Gasteiger charge is 2.66. The number of terminal acetylenes is 1. The van der Waals surface area contributed by atoms with Gasteiger partial charge in [0, 0.05) is 19.3 Å². The van der Waals surface area contributed by atoms with Crippen molar-refractivity contribution in [2.24, 2.45) is 34.5 Å². The smallest absolute Gasteiger partial charge is 0.304 e. The van der Waals surface area contributed by atoms with Crippen LogP contribution in [0.2, 0.25) is 0 Å². The summed E-state index contributed by atoms with van der Waals surface area (Å²) in [6, 6.07) is 0. The van der Waals surface area contributed by atoms with Crippen LogP contribution in [0.5, 0.6) is 0 Å². The van der Waals surface area contributed by atoms with E-state index in [9.17, 15) is 9.59 Å². The van der Waals surface area contributed by atoms with Gasteiger partial charge >= 0.3 is 11.9 Å². The molecule has 29 heavy (non-hydrogen) atoms. The van der Waals surface area contributed by atoms with E-state index in [2.05, 4.69) is 19.8 Å². The maximum atomic E-state index is 11.9. The molecule has 0 saturated heterocycles. The zero-order valence-corrected chi connectivity index (χ0v) is 18.5. The van der Waals surface area contributed by atoms with Crippen molar-refractivity contribution in [1.82, 2.24) is 0 Å². The van der Waals surface area contributed by atoms with E-state index in [1.165, 1.54) is 26.7 Å². The molecule has 0 spiro atoms. The van der Waals surface area contributed by atoms with Gasteiger partial charge in [-0.3, -0.25) is 9.59 Å². The molecular weight excluding hydrogens is 364 g/mol. The van der Waals surface area contributed by atoms with Crippen LogP contribution in [0.4, 0.5) is 0 Å². The number of hydrogen-bond acceptors (Lipinski definition) is 4. The fraction of sp³-hybridized carbons (Fsp3) is 0.840. The minimum atomic E-state index is -0.737. The third kappa shape index (κ3) is 3.03. The number of carbonyl (C=O) groups is 2. The Morgan fingerprint density at radius 2 is 1.66 bits per heavy atom. The number of rotatable bonds is 2. The maximum Gasteiger partial charge on any atom is 0.304 e. The van der Waals surface area contributed by atoms with Crippen LogP contribution in [0.25, 0.3) is 0 Å². The topological polar surface area (TPSA) is 52.6 Å². The first kappa shape index (κ1) is 20.8. The van der Waals surface area contributed by atoms with E-state index in [-0.39, 0.29) is 23.5 Å². The first-order valence-electron chi connectivity index (χ1n) is 11.5. The third-order valence-electron chi connectivity index (χ3n) is 9.62. The molecule has 0 aliphatic heterocycles. The molecule has 160 valence electrons. The van der Waals surface area contributed by atoms with Crippen molar-refractivity contribution in [3.8, 4) is 12.3 Å². The first-order chi connectivity index (χ1) is 13.6. The van der Waals surface area contributed by atoms with Gasteiger partial charge in [-0.05, 0) is 86.9 Å². The molecule has 0 amide bonds. The maximum absolute atomic E-state index is 11.9. The zero-order valence-electron chi connectivity index (χ0n) is 18.5. The Morgan fingerprint density at radius 1 is 0.931 bits per heavy atom. The van der Waals surface area contributed by atoms with Crippen molar-refractivity contribution in [3.63, 3.8) is 0 Å². The Hall–Kier alpha value is -1.50. The fourth-order valence-corrected chi connectivity index (χ4v) is 8.24. The second kappa shape index (κ2) is 7.03. The molecular formula is C25H36O4. The molecule has 4 aliphatic rings. The van der Waals surface area contributed by atoms with Crippen LogP contribution in [0.15, 0.2) is 0 Å². The standard InChI is InChI=1S/C25H36O4/c1-6-25(29-17(3)27)14-11-22-20-8-7-18-15-19(28-16(2)26)9-12-23(18,4)21(20)10-13-24(22,25)5/h1,18-22H,7-15H2,2-5H3/t18-,19+,20+,21-,22+,23-,24-,25-/m0/s1. The summed E-state index contributed by atoms with van der Waals surface area (Å²) in [7, 11) is 0. The van der Waals surface area contributed by atoms with E-state index >= 15 is 0 Å².